The summed E-state index contributed by atoms with van der Waals surface area (Å²) in [6.07, 6.45) is 1.50. The maximum Gasteiger partial charge on any atom is 0.409 e. The van der Waals surface area contributed by atoms with Gasteiger partial charge in [0.2, 0.25) is 0 Å². The first-order chi connectivity index (χ1) is 14.1. The van der Waals surface area contributed by atoms with E-state index in [4.69, 9.17) is 19.2 Å². The van der Waals surface area contributed by atoms with Gasteiger partial charge in [0, 0.05) is 25.7 Å². The number of guanidine groups is 1. The lowest BCUT2D eigenvalue weighted by atomic mass is 10.1. The standard InChI is InChI=1S/C21H34N4O4.HI/c1-5-22-20(24-17-10-12-25(13-11-17)21(26)29-7-3)23-15-16-8-9-18(27-4)19(14-16)28-6-2;/h8-9,14,17H,5-7,10-13,15H2,1-4H3,(H2,22,23,24);1H. The van der Waals surface area contributed by atoms with Crippen molar-refractivity contribution < 1.29 is 19.0 Å². The molecule has 9 heteroatoms. The van der Waals surface area contributed by atoms with Crippen LogP contribution in [-0.2, 0) is 11.3 Å². The molecule has 0 saturated carbocycles. The maximum absolute atomic E-state index is 11.8. The fourth-order valence-electron chi connectivity index (χ4n) is 3.19. The van der Waals surface area contributed by atoms with E-state index < -0.39 is 0 Å². The molecule has 0 radical (unpaired) electrons. The summed E-state index contributed by atoms with van der Waals surface area (Å²) < 4.78 is 16.1. The molecule has 0 spiro atoms. The second kappa shape index (κ2) is 14.2. The second-order valence-electron chi connectivity index (χ2n) is 6.72. The van der Waals surface area contributed by atoms with Crippen LogP contribution in [0.15, 0.2) is 23.2 Å². The van der Waals surface area contributed by atoms with Gasteiger partial charge in [0.05, 0.1) is 26.9 Å². The minimum absolute atomic E-state index is 0. The molecular formula is C21H35IN4O4. The molecule has 1 aliphatic rings. The van der Waals surface area contributed by atoms with Crippen LogP contribution in [0.4, 0.5) is 4.79 Å². The second-order valence-corrected chi connectivity index (χ2v) is 6.72. The number of methoxy groups -OCH3 is 1. The minimum atomic E-state index is -0.226. The smallest absolute Gasteiger partial charge is 0.409 e. The Morgan fingerprint density at radius 3 is 2.50 bits per heavy atom. The van der Waals surface area contributed by atoms with E-state index in [2.05, 4.69) is 10.6 Å². The van der Waals surface area contributed by atoms with Gasteiger partial charge in [0.25, 0.3) is 0 Å². The highest BCUT2D eigenvalue weighted by atomic mass is 127. The van der Waals surface area contributed by atoms with Crippen molar-refractivity contribution in [3.05, 3.63) is 23.8 Å². The number of likely N-dealkylation sites (tertiary alicyclic amines) is 1. The van der Waals surface area contributed by atoms with Crippen LogP contribution in [0.1, 0.15) is 39.2 Å². The van der Waals surface area contributed by atoms with E-state index in [0.717, 1.165) is 42.4 Å². The molecule has 2 N–H and O–H groups in total. The number of aliphatic imine (C=N–C) groups is 1. The van der Waals surface area contributed by atoms with Crippen molar-refractivity contribution in [1.82, 2.24) is 15.5 Å². The van der Waals surface area contributed by atoms with Crippen molar-refractivity contribution in [2.45, 2.75) is 46.2 Å². The monoisotopic (exact) mass is 534 g/mol. The van der Waals surface area contributed by atoms with Crippen LogP contribution >= 0.6 is 24.0 Å². The lowest BCUT2D eigenvalue weighted by molar-refractivity contribution is 0.0963. The van der Waals surface area contributed by atoms with Gasteiger partial charge in [-0.25, -0.2) is 9.79 Å². The third kappa shape index (κ3) is 8.08. The summed E-state index contributed by atoms with van der Waals surface area (Å²) in [4.78, 5) is 18.3. The predicted octanol–water partition coefficient (Wildman–Crippen LogP) is 3.39. The normalized spacial score (nSPS) is 14.5. The first-order valence-electron chi connectivity index (χ1n) is 10.4. The molecule has 1 heterocycles. The van der Waals surface area contributed by atoms with Crippen LogP contribution in [0.3, 0.4) is 0 Å². The topological polar surface area (TPSA) is 84.4 Å². The SMILES string of the molecule is CCNC(=NCc1ccc(OC)c(OCC)c1)NC1CCN(C(=O)OCC)CC1.I. The molecule has 2 rings (SSSR count). The molecule has 0 bridgehead atoms. The van der Waals surface area contributed by atoms with Gasteiger partial charge < -0.3 is 29.7 Å². The lowest BCUT2D eigenvalue weighted by Gasteiger charge is -2.32. The van der Waals surface area contributed by atoms with Crippen LogP contribution in [-0.4, -0.2) is 63.0 Å². The van der Waals surface area contributed by atoms with Gasteiger partial charge in [0.15, 0.2) is 17.5 Å². The summed E-state index contributed by atoms with van der Waals surface area (Å²) >= 11 is 0. The maximum atomic E-state index is 11.8. The number of nitrogens with zero attached hydrogens (tertiary/aromatic N) is 2. The number of hydrogen-bond donors (Lipinski definition) is 2. The van der Waals surface area contributed by atoms with Gasteiger partial charge >= 0.3 is 6.09 Å². The van der Waals surface area contributed by atoms with Gasteiger partial charge in [-0.3, -0.25) is 0 Å². The highest BCUT2D eigenvalue weighted by molar-refractivity contribution is 14.0. The minimum Gasteiger partial charge on any atom is -0.493 e. The van der Waals surface area contributed by atoms with Gasteiger partial charge in [-0.1, -0.05) is 6.07 Å². The Hall–Kier alpha value is -1.91. The summed E-state index contributed by atoms with van der Waals surface area (Å²) in [5.74, 6) is 2.22. The summed E-state index contributed by atoms with van der Waals surface area (Å²) in [6, 6.07) is 6.13. The van der Waals surface area contributed by atoms with E-state index in [0.29, 0.717) is 32.8 Å². The van der Waals surface area contributed by atoms with Crippen molar-refractivity contribution >= 4 is 36.0 Å². The molecule has 30 heavy (non-hydrogen) atoms. The van der Waals surface area contributed by atoms with Crippen molar-refractivity contribution in [2.24, 2.45) is 4.99 Å². The van der Waals surface area contributed by atoms with E-state index in [1.165, 1.54) is 0 Å². The lowest BCUT2D eigenvalue weighted by Crippen LogP contribution is -2.49. The Morgan fingerprint density at radius 2 is 1.90 bits per heavy atom. The van der Waals surface area contributed by atoms with Crippen molar-refractivity contribution in [2.75, 3.05) is 40.0 Å². The molecule has 1 amide bonds. The molecule has 1 saturated heterocycles. The zero-order chi connectivity index (χ0) is 21.1. The molecule has 1 aliphatic heterocycles. The largest absolute Gasteiger partial charge is 0.493 e. The van der Waals surface area contributed by atoms with Gasteiger partial charge in [-0.2, -0.15) is 0 Å². The van der Waals surface area contributed by atoms with E-state index in [1.807, 2.05) is 39.0 Å². The Bertz CT molecular complexity index is 679. The summed E-state index contributed by atoms with van der Waals surface area (Å²) in [6.45, 7) is 9.49. The molecule has 170 valence electrons. The van der Waals surface area contributed by atoms with Crippen LogP contribution in [0, 0.1) is 0 Å². The number of carbonyl (C=O) groups excluding carboxylic acids is 1. The molecule has 0 atom stereocenters. The van der Waals surface area contributed by atoms with Crippen LogP contribution < -0.4 is 20.1 Å². The van der Waals surface area contributed by atoms with E-state index in [1.54, 1.807) is 12.0 Å². The van der Waals surface area contributed by atoms with Crippen LogP contribution in [0.2, 0.25) is 0 Å². The van der Waals surface area contributed by atoms with Gasteiger partial charge in [-0.15, -0.1) is 24.0 Å². The average molecular weight is 534 g/mol. The zero-order valence-corrected chi connectivity index (χ0v) is 20.7. The predicted molar refractivity (Wildman–Crippen MR) is 129 cm³/mol. The van der Waals surface area contributed by atoms with E-state index in [-0.39, 0.29) is 36.1 Å². The number of carbonyl (C=O) groups is 1. The van der Waals surface area contributed by atoms with E-state index in [9.17, 15) is 4.79 Å². The highest BCUT2D eigenvalue weighted by Gasteiger charge is 2.24. The number of amides is 1. The number of halogens is 1. The number of rotatable bonds is 8. The Kier molecular flexibility index (Phi) is 12.3. The number of hydrogen-bond acceptors (Lipinski definition) is 5. The van der Waals surface area contributed by atoms with Gasteiger partial charge in [0.1, 0.15) is 0 Å². The van der Waals surface area contributed by atoms with Crippen molar-refractivity contribution in [3.63, 3.8) is 0 Å². The molecule has 0 aromatic heterocycles. The van der Waals surface area contributed by atoms with Crippen molar-refractivity contribution in [1.29, 1.82) is 0 Å². The first-order valence-corrected chi connectivity index (χ1v) is 10.4. The van der Waals surface area contributed by atoms with Crippen LogP contribution in [0.25, 0.3) is 0 Å². The molecule has 8 nitrogen and oxygen atoms in total. The average Bonchev–Trinajstić information content (AvgIpc) is 2.73. The quantitative estimate of drug-likeness (QED) is 0.302. The molecular weight excluding hydrogens is 499 g/mol. The third-order valence-electron chi connectivity index (χ3n) is 4.65. The Labute approximate surface area is 196 Å². The van der Waals surface area contributed by atoms with Crippen LogP contribution in [0.5, 0.6) is 11.5 Å². The van der Waals surface area contributed by atoms with Crippen molar-refractivity contribution in [3.8, 4) is 11.5 Å². The number of piperidine rings is 1. The molecule has 1 aromatic carbocycles. The fraction of sp³-hybridized carbons (Fsp3) is 0.619. The molecule has 1 fully saturated rings. The summed E-state index contributed by atoms with van der Waals surface area (Å²) in [5.41, 5.74) is 1.04. The Morgan fingerprint density at radius 1 is 1.17 bits per heavy atom. The molecule has 0 unspecified atom stereocenters. The van der Waals surface area contributed by atoms with E-state index >= 15 is 0 Å². The zero-order valence-electron chi connectivity index (χ0n) is 18.4. The number of benzene rings is 1. The molecule has 1 aromatic rings. The number of ether oxygens (including phenoxy) is 3. The summed E-state index contributed by atoms with van der Waals surface area (Å²) in [7, 11) is 1.64. The first kappa shape index (κ1) is 26.1. The third-order valence-corrected chi connectivity index (χ3v) is 4.65. The molecule has 0 aliphatic carbocycles. The Balaban J connectivity index is 0.00000450. The van der Waals surface area contributed by atoms with Gasteiger partial charge in [-0.05, 0) is 51.3 Å². The summed E-state index contributed by atoms with van der Waals surface area (Å²) in [5, 5.41) is 6.78. The highest BCUT2D eigenvalue weighted by Crippen LogP contribution is 2.28. The fourth-order valence-corrected chi connectivity index (χ4v) is 3.19. The number of nitrogens with one attached hydrogen (secondary N) is 2.